The van der Waals surface area contributed by atoms with Gasteiger partial charge in [-0.15, -0.1) is 0 Å². The lowest BCUT2D eigenvalue weighted by molar-refractivity contribution is -0.121. The summed E-state index contributed by atoms with van der Waals surface area (Å²) in [7, 11) is -3.77. The number of hydrogen-bond donors (Lipinski definition) is 1. The van der Waals surface area contributed by atoms with E-state index in [-0.39, 0.29) is 24.7 Å². The van der Waals surface area contributed by atoms with Crippen molar-refractivity contribution in [3.63, 3.8) is 0 Å². The number of nitrogens with one attached hydrogen (secondary N) is 1. The molecule has 0 spiro atoms. The molecule has 2 aromatic rings. The summed E-state index contributed by atoms with van der Waals surface area (Å²) < 4.78 is 56.4. The van der Waals surface area contributed by atoms with Crippen LogP contribution in [0, 0.1) is 11.6 Å². The van der Waals surface area contributed by atoms with Crippen molar-refractivity contribution in [1.29, 1.82) is 0 Å². The topological polar surface area (TPSA) is 75.7 Å². The number of halogens is 2. The Kier molecular flexibility index (Phi) is 6.73. The zero-order valence-corrected chi connectivity index (χ0v) is 15.7. The van der Waals surface area contributed by atoms with E-state index in [2.05, 4.69) is 5.32 Å². The van der Waals surface area contributed by atoms with Gasteiger partial charge in [-0.25, -0.2) is 17.2 Å². The van der Waals surface area contributed by atoms with E-state index in [0.717, 1.165) is 22.7 Å². The van der Waals surface area contributed by atoms with Crippen LogP contribution >= 0.6 is 0 Å². The first-order valence-electron chi connectivity index (χ1n) is 8.09. The Balaban J connectivity index is 1.96. The van der Waals surface area contributed by atoms with Gasteiger partial charge in [0.15, 0.2) is 0 Å². The van der Waals surface area contributed by atoms with Gasteiger partial charge in [0.05, 0.1) is 18.5 Å². The van der Waals surface area contributed by atoms with E-state index >= 15 is 0 Å². The molecule has 0 heterocycles. The number of benzene rings is 2. The second-order valence-corrected chi connectivity index (χ2v) is 7.66. The highest BCUT2D eigenvalue weighted by atomic mass is 32.2. The lowest BCUT2D eigenvalue weighted by atomic mass is 10.2. The number of anilines is 1. The molecule has 0 aliphatic heterocycles. The molecular weight excluding hydrogens is 378 g/mol. The SMILES string of the molecule is C[C@@H](C(=O)NCCOc1ccc(F)cc1)N(c1ccc(F)cc1)S(C)(=O)=O. The number of amides is 1. The molecule has 9 heteroatoms. The second-order valence-electron chi connectivity index (χ2n) is 5.80. The van der Waals surface area contributed by atoms with Crippen molar-refractivity contribution in [1.82, 2.24) is 5.32 Å². The third-order valence-corrected chi connectivity index (χ3v) is 4.89. The number of carbonyl (C=O) groups is 1. The summed E-state index contributed by atoms with van der Waals surface area (Å²) in [4.78, 5) is 12.3. The molecule has 0 bridgehead atoms. The number of ether oxygens (including phenoxy) is 1. The van der Waals surface area contributed by atoms with Gasteiger partial charge < -0.3 is 10.1 Å². The first-order valence-corrected chi connectivity index (χ1v) is 9.94. The van der Waals surface area contributed by atoms with E-state index in [1.807, 2.05) is 0 Å². The molecule has 2 aromatic carbocycles. The Labute approximate surface area is 156 Å². The van der Waals surface area contributed by atoms with E-state index in [0.29, 0.717) is 5.75 Å². The fourth-order valence-electron chi connectivity index (χ4n) is 2.42. The molecule has 146 valence electrons. The number of hydrogen-bond acceptors (Lipinski definition) is 4. The molecule has 1 amide bonds. The van der Waals surface area contributed by atoms with Crippen LogP contribution in [0.5, 0.6) is 5.75 Å². The van der Waals surface area contributed by atoms with E-state index in [1.54, 1.807) is 0 Å². The average Bonchev–Trinajstić information content (AvgIpc) is 2.60. The van der Waals surface area contributed by atoms with Crippen molar-refractivity contribution in [3.05, 3.63) is 60.2 Å². The van der Waals surface area contributed by atoms with Gasteiger partial charge in [-0.3, -0.25) is 9.10 Å². The van der Waals surface area contributed by atoms with Gasteiger partial charge in [0.1, 0.15) is 30.0 Å². The first kappa shape index (κ1) is 20.6. The van der Waals surface area contributed by atoms with Crippen LogP contribution in [-0.2, 0) is 14.8 Å². The molecule has 2 rings (SSSR count). The molecule has 0 saturated heterocycles. The minimum absolute atomic E-state index is 0.125. The molecule has 1 N–H and O–H groups in total. The fraction of sp³-hybridized carbons (Fsp3) is 0.278. The van der Waals surface area contributed by atoms with Gasteiger partial charge in [0.25, 0.3) is 0 Å². The Morgan fingerprint density at radius 3 is 2.11 bits per heavy atom. The van der Waals surface area contributed by atoms with E-state index < -0.39 is 27.8 Å². The van der Waals surface area contributed by atoms with E-state index in [1.165, 1.54) is 43.3 Å². The van der Waals surface area contributed by atoms with Gasteiger partial charge in [-0.1, -0.05) is 0 Å². The molecule has 0 aliphatic carbocycles. The summed E-state index contributed by atoms with van der Waals surface area (Å²) in [5.74, 6) is -0.983. The zero-order valence-electron chi connectivity index (χ0n) is 14.9. The molecule has 0 radical (unpaired) electrons. The molecule has 27 heavy (non-hydrogen) atoms. The minimum atomic E-state index is -3.77. The van der Waals surface area contributed by atoms with Crippen molar-refractivity contribution >= 4 is 21.6 Å². The van der Waals surface area contributed by atoms with Crippen LogP contribution in [0.4, 0.5) is 14.5 Å². The third kappa shape index (κ3) is 5.92. The first-order chi connectivity index (χ1) is 12.7. The van der Waals surface area contributed by atoms with Gasteiger partial charge in [-0.2, -0.15) is 0 Å². The maximum absolute atomic E-state index is 13.1. The van der Waals surface area contributed by atoms with Crippen molar-refractivity contribution in [2.45, 2.75) is 13.0 Å². The minimum Gasteiger partial charge on any atom is -0.492 e. The number of carbonyl (C=O) groups excluding carboxylic acids is 1. The maximum Gasteiger partial charge on any atom is 0.243 e. The number of nitrogens with zero attached hydrogens (tertiary/aromatic N) is 1. The molecular formula is C18H20F2N2O4S. The molecule has 0 unspecified atom stereocenters. The monoisotopic (exact) mass is 398 g/mol. The Morgan fingerprint density at radius 2 is 1.59 bits per heavy atom. The highest BCUT2D eigenvalue weighted by molar-refractivity contribution is 7.92. The molecule has 0 aromatic heterocycles. The summed E-state index contributed by atoms with van der Waals surface area (Å²) >= 11 is 0. The summed E-state index contributed by atoms with van der Waals surface area (Å²) in [6.07, 6.45) is 0.970. The summed E-state index contributed by atoms with van der Waals surface area (Å²) in [5.41, 5.74) is 0.184. The van der Waals surface area contributed by atoms with Crippen LogP contribution in [0.15, 0.2) is 48.5 Å². The van der Waals surface area contributed by atoms with E-state index in [4.69, 9.17) is 4.74 Å². The molecule has 6 nitrogen and oxygen atoms in total. The Bertz CT molecular complexity index is 871. The van der Waals surface area contributed by atoms with Crippen molar-refractivity contribution < 1.29 is 26.7 Å². The quantitative estimate of drug-likeness (QED) is 0.693. The zero-order chi connectivity index (χ0) is 20.0. The van der Waals surface area contributed by atoms with E-state index in [9.17, 15) is 22.0 Å². The highest BCUT2D eigenvalue weighted by Crippen LogP contribution is 2.21. The standard InChI is InChI=1S/C18H20F2N2O4S/c1-13(22(27(2,24)25)16-7-3-14(19)4-8-16)18(23)21-11-12-26-17-9-5-15(20)6-10-17/h3-10,13H,11-12H2,1-2H3,(H,21,23)/t13-/m0/s1. The Hall–Kier alpha value is -2.68. The van der Waals surface area contributed by atoms with Crippen molar-refractivity contribution in [3.8, 4) is 5.75 Å². The van der Waals surface area contributed by atoms with Gasteiger partial charge in [0, 0.05) is 0 Å². The lowest BCUT2D eigenvalue weighted by Gasteiger charge is -2.28. The predicted molar refractivity (Wildman–Crippen MR) is 98.1 cm³/mol. The Morgan fingerprint density at radius 1 is 1.07 bits per heavy atom. The smallest absolute Gasteiger partial charge is 0.243 e. The van der Waals surface area contributed by atoms with Crippen LogP contribution in [-0.4, -0.2) is 39.8 Å². The van der Waals surface area contributed by atoms with Crippen molar-refractivity contribution in [2.24, 2.45) is 0 Å². The summed E-state index contributed by atoms with van der Waals surface area (Å²) in [5, 5.41) is 2.58. The summed E-state index contributed by atoms with van der Waals surface area (Å²) in [6.45, 7) is 1.68. The number of sulfonamides is 1. The van der Waals surface area contributed by atoms with Crippen LogP contribution in [0.1, 0.15) is 6.92 Å². The van der Waals surface area contributed by atoms with Gasteiger partial charge >= 0.3 is 0 Å². The lowest BCUT2D eigenvalue weighted by Crippen LogP contribution is -2.48. The van der Waals surface area contributed by atoms with Crippen molar-refractivity contribution in [2.75, 3.05) is 23.7 Å². The van der Waals surface area contributed by atoms with Crippen LogP contribution in [0.3, 0.4) is 0 Å². The summed E-state index contributed by atoms with van der Waals surface area (Å²) in [6, 6.07) is 9.19. The van der Waals surface area contributed by atoms with Gasteiger partial charge in [-0.05, 0) is 55.5 Å². The van der Waals surface area contributed by atoms with Crippen LogP contribution in [0.2, 0.25) is 0 Å². The highest BCUT2D eigenvalue weighted by Gasteiger charge is 2.28. The molecule has 0 aliphatic rings. The molecule has 1 atom stereocenters. The molecule has 0 fully saturated rings. The fourth-order valence-corrected chi connectivity index (χ4v) is 3.59. The number of rotatable bonds is 8. The maximum atomic E-state index is 13.1. The predicted octanol–water partition coefficient (Wildman–Crippen LogP) is 2.31. The normalized spacial score (nSPS) is 12.3. The second kappa shape index (κ2) is 8.81. The van der Waals surface area contributed by atoms with Crippen LogP contribution in [0.25, 0.3) is 0 Å². The average molecular weight is 398 g/mol. The van der Waals surface area contributed by atoms with Crippen LogP contribution < -0.4 is 14.4 Å². The van der Waals surface area contributed by atoms with Gasteiger partial charge in [0.2, 0.25) is 15.9 Å². The largest absolute Gasteiger partial charge is 0.492 e. The third-order valence-electron chi connectivity index (χ3n) is 3.65. The molecule has 0 saturated carbocycles.